The summed E-state index contributed by atoms with van der Waals surface area (Å²) in [4.78, 5) is 21.2. The van der Waals surface area contributed by atoms with E-state index in [1.807, 2.05) is 0 Å². The second-order valence-corrected chi connectivity index (χ2v) is 2.57. The Bertz CT molecular complexity index is 303. The molecule has 14 heavy (non-hydrogen) atoms. The number of hydrogen-bond donors (Lipinski definition) is 1. The van der Waals surface area contributed by atoms with Crippen LogP contribution in [0.1, 0.15) is 0 Å². The Hall–Kier alpha value is -1.61. The maximum Gasteiger partial charge on any atom is 0.335 e. The number of carbonyl (C=O) groups is 2. The molecule has 74 valence electrons. The van der Waals surface area contributed by atoms with Gasteiger partial charge in [-0.05, 0) is 23.8 Å². The zero-order valence-electron chi connectivity index (χ0n) is 7.37. The van der Waals surface area contributed by atoms with Crippen LogP contribution in [0.4, 0.5) is 0 Å². The second kappa shape index (κ2) is 5.94. The third-order valence-electron chi connectivity index (χ3n) is 1.36. The van der Waals surface area contributed by atoms with Gasteiger partial charge in [-0.2, -0.15) is 0 Å². The van der Waals surface area contributed by atoms with Gasteiger partial charge >= 0.3 is 5.97 Å². The topological polar surface area (TPSA) is 54.4 Å². The molecule has 0 aliphatic carbocycles. The van der Waals surface area contributed by atoms with E-state index < -0.39 is 11.2 Å². The first-order valence-corrected chi connectivity index (χ1v) is 4.00. The van der Waals surface area contributed by atoms with Crippen molar-refractivity contribution in [2.75, 3.05) is 0 Å². The lowest BCUT2D eigenvalue weighted by Crippen LogP contribution is -1.97. The predicted octanol–water partition coefficient (Wildman–Crippen LogP) is 2.06. The van der Waals surface area contributed by atoms with Crippen LogP contribution in [-0.4, -0.2) is 16.3 Å². The highest BCUT2D eigenvalue weighted by atomic mass is 35.5. The van der Waals surface area contributed by atoms with Crippen molar-refractivity contribution < 1.29 is 14.7 Å². The first kappa shape index (κ1) is 12.4. The van der Waals surface area contributed by atoms with E-state index in [0.717, 1.165) is 6.08 Å². The van der Waals surface area contributed by atoms with Crippen LogP contribution in [0.3, 0.4) is 0 Å². The van der Waals surface area contributed by atoms with Crippen molar-refractivity contribution in [3.05, 3.63) is 48.6 Å². The summed E-state index contributed by atoms with van der Waals surface area (Å²) < 4.78 is 0. The number of allylic oxidation sites excluding steroid dienone is 4. The molecule has 0 saturated heterocycles. The fraction of sp³-hybridized carbons (Fsp3) is 0. The van der Waals surface area contributed by atoms with Crippen molar-refractivity contribution in [2.24, 2.45) is 0 Å². The lowest BCUT2D eigenvalue weighted by molar-refractivity contribution is -0.132. The normalized spacial score (nSPS) is 12.1. The molecule has 4 heteroatoms. The molecule has 0 fully saturated rings. The Labute approximate surface area is 86.7 Å². The quantitative estimate of drug-likeness (QED) is 0.431. The zero-order valence-corrected chi connectivity index (χ0v) is 8.12. The molecular weight excluding hydrogens is 204 g/mol. The van der Waals surface area contributed by atoms with Crippen LogP contribution >= 0.6 is 11.6 Å². The Morgan fingerprint density at radius 2 is 1.50 bits per heavy atom. The van der Waals surface area contributed by atoms with Crippen LogP contribution in [0, 0.1) is 0 Å². The van der Waals surface area contributed by atoms with Gasteiger partial charge in [0.05, 0.1) is 5.57 Å². The highest BCUT2D eigenvalue weighted by molar-refractivity contribution is 6.68. The molecule has 0 rings (SSSR count). The molecule has 0 aliphatic rings. The average Bonchev–Trinajstić information content (AvgIpc) is 2.11. The lowest BCUT2D eigenvalue weighted by Gasteiger charge is -1.92. The molecule has 3 nitrogen and oxygen atoms in total. The Kier molecular flexibility index (Phi) is 5.26. The molecule has 0 heterocycles. The molecule has 0 aromatic heterocycles. The number of carboxylic acids is 1. The number of carboxylic acid groups (broad SMARTS) is 1. The predicted molar refractivity (Wildman–Crippen MR) is 55.1 cm³/mol. The van der Waals surface area contributed by atoms with Crippen molar-refractivity contribution in [1.29, 1.82) is 0 Å². The van der Waals surface area contributed by atoms with Gasteiger partial charge in [0.1, 0.15) is 0 Å². The first-order valence-electron chi connectivity index (χ1n) is 3.63. The van der Waals surface area contributed by atoms with Gasteiger partial charge in [-0.1, -0.05) is 25.3 Å². The highest BCUT2D eigenvalue weighted by Crippen LogP contribution is 2.04. The minimum atomic E-state index is -1.12. The van der Waals surface area contributed by atoms with Crippen LogP contribution in [0.15, 0.2) is 48.6 Å². The second-order valence-electron chi connectivity index (χ2n) is 2.23. The summed E-state index contributed by atoms with van der Waals surface area (Å²) in [5, 5.41) is 7.90. The van der Waals surface area contributed by atoms with E-state index in [0.29, 0.717) is 0 Å². The Balaban J connectivity index is 4.97. The zero-order chi connectivity index (χ0) is 11.1. The summed E-state index contributed by atoms with van der Waals surface area (Å²) >= 11 is 5.17. The molecule has 0 saturated carbocycles. The van der Waals surface area contributed by atoms with Crippen molar-refractivity contribution in [3.63, 3.8) is 0 Å². The van der Waals surface area contributed by atoms with Gasteiger partial charge in [0.15, 0.2) is 0 Å². The van der Waals surface area contributed by atoms with E-state index in [1.54, 1.807) is 0 Å². The summed E-state index contributed by atoms with van der Waals surface area (Å²) in [5.41, 5.74) is 0.106. The van der Waals surface area contributed by atoms with Crippen LogP contribution < -0.4 is 0 Å². The van der Waals surface area contributed by atoms with E-state index in [2.05, 4.69) is 13.2 Å². The van der Waals surface area contributed by atoms with E-state index in [1.165, 1.54) is 18.2 Å². The van der Waals surface area contributed by atoms with Gasteiger partial charge in [0.25, 0.3) is 5.24 Å². The number of aliphatic carboxylic acids is 1. The molecule has 0 unspecified atom stereocenters. The van der Waals surface area contributed by atoms with Gasteiger partial charge in [0.2, 0.25) is 0 Å². The maximum atomic E-state index is 10.7. The minimum absolute atomic E-state index is 0.0257. The third kappa shape index (κ3) is 3.87. The number of hydrogen-bond acceptors (Lipinski definition) is 2. The lowest BCUT2D eigenvalue weighted by atomic mass is 10.2. The van der Waals surface area contributed by atoms with Crippen molar-refractivity contribution >= 4 is 22.8 Å². The van der Waals surface area contributed by atoms with Crippen molar-refractivity contribution in [3.8, 4) is 0 Å². The molecule has 0 aromatic rings. The standard InChI is InChI=1S/C10H9ClO3/c1-3-7(9(11)12)5-6-8(4-2)10(13)14/h3-6H,1-2H2,(H,13,14)/b7-5+,8-6+. The summed E-state index contributed by atoms with van der Waals surface area (Å²) in [7, 11) is 0. The molecule has 0 radical (unpaired) electrons. The number of halogens is 1. The average molecular weight is 213 g/mol. The summed E-state index contributed by atoms with van der Waals surface area (Å²) in [6.07, 6.45) is 4.91. The van der Waals surface area contributed by atoms with Crippen molar-refractivity contribution in [2.45, 2.75) is 0 Å². The van der Waals surface area contributed by atoms with Gasteiger partial charge in [-0.15, -0.1) is 0 Å². The largest absolute Gasteiger partial charge is 0.478 e. The van der Waals surface area contributed by atoms with E-state index in [4.69, 9.17) is 16.7 Å². The van der Waals surface area contributed by atoms with Crippen LogP contribution in [0.5, 0.6) is 0 Å². The Morgan fingerprint density at radius 3 is 1.79 bits per heavy atom. The fourth-order valence-electron chi connectivity index (χ4n) is 0.620. The smallest absolute Gasteiger partial charge is 0.335 e. The highest BCUT2D eigenvalue weighted by Gasteiger charge is 2.02. The Morgan fingerprint density at radius 1 is 1.07 bits per heavy atom. The molecule has 0 bridgehead atoms. The summed E-state index contributed by atoms with van der Waals surface area (Å²) in [5.74, 6) is -1.12. The summed E-state index contributed by atoms with van der Waals surface area (Å²) in [6, 6.07) is 0. The fourth-order valence-corrected chi connectivity index (χ4v) is 0.760. The molecule has 0 amide bonds. The molecule has 0 atom stereocenters. The van der Waals surface area contributed by atoms with E-state index in [9.17, 15) is 9.59 Å². The number of carbonyl (C=O) groups excluding carboxylic acids is 1. The molecule has 0 aromatic carbocycles. The third-order valence-corrected chi connectivity index (χ3v) is 1.57. The van der Waals surface area contributed by atoms with E-state index in [-0.39, 0.29) is 11.1 Å². The van der Waals surface area contributed by atoms with Gasteiger partial charge < -0.3 is 5.11 Å². The molecule has 1 N–H and O–H groups in total. The summed E-state index contributed by atoms with van der Waals surface area (Å²) in [6.45, 7) is 6.66. The molecule has 0 spiro atoms. The van der Waals surface area contributed by atoms with Gasteiger partial charge in [-0.25, -0.2) is 4.79 Å². The van der Waals surface area contributed by atoms with Gasteiger partial charge in [-0.3, -0.25) is 4.79 Å². The maximum absolute atomic E-state index is 10.7. The van der Waals surface area contributed by atoms with Crippen LogP contribution in [-0.2, 0) is 9.59 Å². The monoisotopic (exact) mass is 212 g/mol. The minimum Gasteiger partial charge on any atom is -0.478 e. The first-order chi connectivity index (χ1) is 6.52. The molecule has 0 aliphatic heterocycles. The SMILES string of the molecule is C=C/C(=C\C=C(/C=C)C(=O)Cl)C(=O)O. The van der Waals surface area contributed by atoms with Gasteiger partial charge in [0, 0.05) is 5.57 Å². The van der Waals surface area contributed by atoms with Crippen molar-refractivity contribution in [1.82, 2.24) is 0 Å². The van der Waals surface area contributed by atoms with Crippen LogP contribution in [0.2, 0.25) is 0 Å². The molecular formula is C10H9ClO3. The van der Waals surface area contributed by atoms with Crippen LogP contribution in [0.25, 0.3) is 0 Å². The number of rotatable bonds is 5. The van der Waals surface area contributed by atoms with E-state index >= 15 is 0 Å².